The molecule has 4 heteroatoms. The predicted octanol–water partition coefficient (Wildman–Crippen LogP) is 3.85. The van der Waals surface area contributed by atoms with Crippen LogP contribution in [0.5, 0.6) is 11.6 Å². The van der Waals surface area contributed by atoms with Crippen molar-refractivity contribution in [3.8, 4) is 11.6 Å². The third-order valence-corrected chi connectivity index (χ3v) is 2.90. The van der Waals surface area contributed by atoms with Crippen molar-refractivity contribution in [2.75, 3.05) is 11.9 Å². The van der Waals surface area contributed by atoms with E-state index in [4.69, 9.17) is 4.74 Å². The third-order valence-electron chi connectivity index (χ3n) is 2.90. The highest BCUT2D eigenvalue weighted by atomic mass is 16.5. The molecule has 0 amide bonds. The van der Waals surface area contributed by atoms with E-state index >= 15 is 0 Å². The lowest BCUT2D eigenvalue weighted by Gasteiger charge is -2.09. The standard InChI is InChI=1S/C16H15N3O/c1-2-17-15-9-4-10-16(19-15)20-14-8-3-7-13-12(14)6-5-11-18-13/h3-11H,2H2,1H3,(H,17,19). The van der Waals surface area contributed by atoms with Gasteiger partial charge in [0, 0.05) is 24.2 Å². The average Bonchev–Trinajstić information content (AvgIpc) is 2.48. The van der Waals surface area contributed by atoms with Crippen LogP contribution in [-0.4, -0.2) is 16.5 Å². The Hall–Kier alpha value is -2.62. The summed E-state index contributed by atoms with van der Waals surface area (Å²) in [5.41, 5.74) is 0.910. The van der Waals surface area contributed by atoms with Gasteiger partial charge in [0.1, 0.15) is 11.6 Å². The van der Waals surface area contributed by atoms with Gasteiger partial charge in [-0.05, 0) is 37.3 Å². The fraction of sp³-hybridized carbons (Fsp3) is 0.125. The van der Waals surface area contributed by atoms with Crippen LogP contribution in [0.3, 0.4) is 0 Å². The molecule has 0 aliphatic heterocycles. The van der Waals surface area contributed by atoms with E-state index in [0.29, 0.717) is 5.88 Å². The second-order valence-electron chi connectivity index (χ2n) is 4.32. The molecule has 0 unspecified atom stereocenters. The number of hydrogen-bond acceptors (Lipinski definition) is 4. The van der Waals surface area contributed by atoms with Gasteiger partial charge in [-0.1, -0.05) is 12.1 Å². The zero-order valence-corrected chi connectivity index (χ0v) is 11.2. The Kier molecular flexibility index (Phi) is 3.46. The van der Waals surface area contributed by atoms with Crippen molar-refractivity contribution in [3.63, 3.8) is 0 Å². The van der Waals surface area contributed by atoms with Crippen LogP contribution in [0.15, 0.2) is 54.7 Å². The van der Waals surface area contributed by atoms with Crippen LogP contribution in [0.1, 0.15) is 6.92 Å². The molecular weight excluding hydrogens is 250 g/mol. The first kappa shape index (κ1) is 12.4. The number of benzene rings is 1. The van der Waals surface area contributed by atoms with Crippen molar-refractivity contribution < 1.29 is 4.74 Å². The maximum Gasteiger partial charge on any atom is 0.221 e. The monoisotopic (exact) mass is 265 g/mol. The van der Waals surface area contributed by atoms with E-state index < -0.39 is 0 Å². The van der Waals surface area contributed by atoms with Crippen LogP contribution in [0.2, 0.25) is 0 Å². The first-order valence-corrected chi connectivity index (χ1v) is 6.59. The smallest absolute Gasteiger partial charge is 0.221 e. The van der Waals surface area contributed by atoms with Crippen LogP contribution in [0, 0.1) is 0 Å². The lowest BCUT2D eigenvalue weighted by molar-refractivity contribution is 0.469. The van der Waals surface area contributed by atoms with E-state index in [1.54, 1.807) is 6.20 Å². The fourth-order valence-corrected chi connectivity index (χ4v) is 2.03. The number of nitrogens with one attached hydrogen (secondary N) is 1. The van der Waals surface area contributed by atoms with Gasteiger partial charge in [0.05, 0.1) is 5.52 Å². The van der Waals surface area contributed by atoms with Crippen molar-refractivity contribution in [1.82, 2.24) is 9.97 Å². The minimum absolute atomic E-state index is 0.569. The summed E-state index contributed by atoms with van der Waals surface area (Å²) in [6.07, 6.45) is 1.77. The zero-order chi connectivity index (χ0) is 13.8. The van der Waals surface area contributed by atoms with Gasteiger partial charge in [-0.15, -0.1) is 0 Å². The molecule has 20 heavy (non-hydrogen) atoms. The summed E-state index contributed by atoms with van der Waals surface area (Å²) in [5.74, 6) is 2.14. The minimum atomic E-state index is 0.569. The Morgan fingerprint density at radius 1 is 1.05 bits per heavy atom. The van der Waals surface area contributed by atoms with E-state index in [2.05, 4.69) is 15.3 Å². The van der Waals surface area contributed by atoms with Gasteiger partial charge in [0.15, 0.2) is 0 Å². The molecule has 0 bridgehead atoms. The molecule has 4 nitrogen and oxygen atoms in total. The normalized spacial score (nSPS) is 10.4. The second kappa shape index (κ2) is 5.57. The largest absolute Gasteiger partial charge is 0.438 e. The number of ether oxygens (including phenoxy) is 1. The van der Waals surface area contributed by atoms with E-state index in [0.717, 1.165) is 29.0 Å². The topological polar surface area (TPSA) is 47.0 Å². The molecule has 0 spiro atoms. The Labute approximate surface area is 117 Å². The number of anilines is 1. The van der Waals surface area contributed by atoms with Gasteiger partial charge in [-0.25, -0.2) is 0 Å². The third kappa shape index (κ3) is 2.54. The van der Waals surface area contributed by atoms with Crippen molar-refractivity contribution in [3.05, 3.63) is 54.7 Å². The van der Waals surface area contributed by atoms with Gasteiger partial charge >= 0.3 is 0 Å². The molecule has 1 N–H and O–H groups in total. The zero-order valence-electron chi connectivity index (χ0n) is 11.2. The Bertz CT molecular complexity index is 722. The van der Waals surface area contributed by atoms with Crippen molar-refractivity contribution in [1.29, 1.82) is 0 Å². The summed E-state index contributed by atoms with van der Waals surface area (Å²) < 4.78 is 5.89. The molecule has 100 valence electrons. The number of pyridine rings is 2. The minimum Gasteiger partial charge on any atom is -0.438 e. The highest BCUT2D eigenvalue weighted by molar-refractivity contribution is 5.85. The van der Waals surface area contributed by atoms with E-state index in [-0.39, 0.29) is 0 Å². The van der Waals surface area contributed by atoms with Crippen molar-refractivity contribution in [2.45, 2.75) is 6.92 Å². The molecule has 0 saturated carbocycles. The Balaban J connectivity index is 1.95. The first-order valence-electron chi connectivity index (χ1n) is 6.59. The van der Waals surface area contributed by atoms with Crippen LogP contribution in [-0.2, 0) is 0 Å². The lowest BCUT2D eigenvalue weighted by Crippen LogP contribution is -1.99. The molecule has 0 saturated heterocycles. The van der Waals surface area contributed by atoms with Gasteiger partial charge in [-0.3, -0.25) is 4.98 Å². The van der Waals surface area contributed by atoms with Crippen LogP contribution >= 0.6 is 0 Å². The van der Waals surface area contributed by atoms with E-state index in [1.165, 1.54) is 0 Å². The fourth-order valence-electron chi connectivity index (χ4n) is 2.03. The Morgan fingerprint density at radius 2 is 1.95 bits per heavy atom. The lowest BCUT2D eigenvalue weighted by atomic mass is 10.2. The Morgan fingerprint density at radius 3 is 2.85 bits per heavy atom. The number of nitrogens with zero attached hydrogens (tertiary/aromatic N) is 2. The number of rotatable bonds is 4. The SMILES string of the molecule is CCNc1cccc(Oc2cccc3ncccc23)n1. The van der Waals surface area contributed by atoms with Gasteiger partial charge in [0.2, 0.25) is 5.88 Å². The number of fused-ring (bicyclic) bond motifs is 1. The van der Waals surface area contributed by atoms with E-state index in [9.17, 15) is 0 Å². The molecule has 0 fully saturated rings. The molecule has 3 aromatic rings. The molecule has 0 radical (unpaired) electrons. The maximum atomic E-state index is 5.89. The molecule has 0 atom stereocenters. The van der Waals surface area contributed by atoms with Crippen molar-refractivity contribution >= 4 is 16.7 Å². The predicted molar refractivity (Wildman–Crippen MR) is 80.2 cm³/mol. The van der Waals surface area contributed by atoms with Crippen LogP contribution < -0.4 is 10.1 Å². The summed E-state index contributed by atoms with van der Waals surface area (Å²) >= 11 is 0. The molecule has 0 aliphatic rings. The molecule has 0 aliphatic carbocycles. The van der Waals surface area contributed by atoms with Crippen molar-refractivity contribution in [2.24, 2.45) is 0 Å². The summed E-state index contributed by atoms with van der Waals surface area (Å²) in [7, 11) is 0. The molecular formula is C16H15N3O. The number of aromatic nitrogens is 2. The van der Waals surface area contributed by atoms with Gasteiger partial charge in [0.25, 0.3) is 0 Å². The maximum absolute atomic E-state index is 5.89. The molecule has 3 rings (SSSR count). The molecule has 1 aromatic carbocycles. The average molecular weight is 265 g/mol. The van der Waals surface area contributed by atoms with E-state index in [1.807, 2.05) is 55.5 Å². The number of hydrogen-bond donors (Lipinski definition) is 1. The van der Waals surface area contributed by atoms with Gasteiger partial charge in [-0.2, -0.15) is 4.98 Å². The summed E-state index contributed by atoms with van der Waals surface area (Å²) in [4.78, 5) is 8.73. The highest BCUT2D eigenvalue weighted by Gasteiger charge is 2.05. The van der Waals surface area contributed by atoms with Crippen LogP contribution in [0.25, 0.3) is 10.9 Å². The van der Waals surface area contributed by atoms with Crippen LogP contribution in [0.4, 0.5) is 5.82 Å². The highest BCUT2D eigenvalue weighted by Crippen LogP contribution is 2.28. The molecule has 2 aromatic heterocycles. The summed E-state index contributed by atoms with van der Waals surface area (Å²) in [6, 6.07) is 15.4. The first-order chi connectivity index (χ1) is 9.86. The quantitative estimate of drug-likeness (QED) is 0.778. The van der Waals surface area contributed by atoms with Gasteiger partial charge < -0.3 is 10.1 Å². The summed E-state index contributed by atoms with van der Waals surface area (Å²) in [5, 5.41) is 4.14. The summed E-state index contributed by atoms with van der Waals surface area (Å²) in [6.45, 7) is 2.86. The molecule has 2 heterocycles. The second-order valence-corrected chi connectivity index (χ2v) is 4.32.